The van der Waals surface area contributed by atoms with E-state index in [9.17, 15) is 9.59 Å². The molecule has 1 amide bonds. The molecule has 0 fully saturated rings. The van der Waals surface area contributed by atoms with Crippen molar-refractivity contribution in [2.45, 2.75) is 26.4 Å². The predicted octanol–water partition coefficient (Wildman–Crippen LogP) is 1.74. The highest BCUT2D eigenvalue weighted by molar-refractivity contribution is 6.30. The number of nitrogens with one attached hydrogen (secondary N) is 2. The molecule has 1 aromatic rings. The van der Waals surface area contributed by atoms with Crippen molar-refractivity contribution in [2.24, 2.45) is 5.92 Å². The van der Waals surface area contributed by atoms with Gasteiger partial charge in [-0.2, -0.15) is 0 Å². The smallest absolute Gasteiger partial charge is 0.323 e. The highest BCUT2D eigenvalue weighted by Crippen LogP contribution is 2.09. The van der Waals surface area contributed by atoms with Gasteiger partial charge in [0.25, 0.3) is 0 Å². The number of amides is 1. The van der Waals surface area contributed by atoms with Crippen LogP contribution in [0.4, 0.5) is 0 Å². The molecule has 0 heterocycles. The summed E-state index contributed by atoms with van der Waals surface area (Å²) >= 11 is 5.79. The maximum Gasteiger partial charge on any atom is 0.323 e. The van der Waals surface area contributed by atoms with Crippen LogP contribution in [0, 0.1) is 5.92 Å². The molecule has 0 bridgehead atoms. The van der Waals surface area contributed by atoms with Crippen LogP contribution in [-0.4, -0.2) is 31.6 Å². The quantitative estimate of drug-likeness (QED) is 0.753. The second-order valence-electron chi connectivity index (χ2n) is 5.03. The van der Waals surface area contributed by atoms with Crippen LogP contribution < -0.4 is 10.6 Å². The first-order valence-corrected chi connectivity index (χ1v) is 7.14. The van der Waals surface area contributed by atoms with Crippen LogP contribution in [0.3, 0.4) is 0 Å². The van der Waals surface area contributed by atoms with Crippen molar-refractivity contribution < 1.29 is 14.3 Å². The summed E-state index contributed by atoms with van der Waals surface area (Å²) < 4.78 is 4.70. The second-order valence-corrected chi connectivity index (χ2v) is 5.47. The van der Waals surface area contributed by atoms with E-state index >= 15 is 0 Å². The molecule has 2 N–H and O–H groups in total. The van der Waals surface area contributed by atoms with Crippen molar-refractivity contribution in [3.05, 3.63) is 34.9 Å². The summed E-state index contributed by atoms with van der Waals surface area (Å²) in [6.45, 7) is 4.26. The van der Waals surface area contributed by atoms with E-state index in [1.807, 2.05) is 26.0 Å². The number of carbonyl (C=O) groups excluding carboxylic acids is 2. The number of ether oxygens (including phenoxy) is 1. The third kappa shape index (κ3) is 6.14. The van der Waals surface area contributed by atoms with E-state index in [0.717, 1.165) is 5.56 Å². The molecule has 0 unspecified atom stereocenters. The Hall–Kier alpha value is -1.59. The standard InChI is InChI=1S/C15H21ClN2O3/c1-10(2)14(15(20)21-3)18-9-13(19)17-8-11-4-6-12(16)7-5-11/h4-7,10,14,18H,8-9H2,1-3H3,(H,17,19)/t14-/m0/s1. The fraction of sp³-hybridized carbons (Fsp3) is 0.467. The molecular formula is C15H21ClN2O3. The Morgan fingerprint density at radius 2 is 1.86 bits per heavy atom. The second kappa shape index (κ2) is 8.64. The number of halogens is 1. The molecule has 0 aromatic heterocycles. The van der Waals surface area contributed by atoms with Gasteiger partial charge in [0, 0.05) is 11.6 Å². The van der Waals surface area contributed by atoms with Crippen LogP contribution in [0.2, 0.25) is 5.02 Å². The molecule has 0 saturated carbocycles. The van der Waals surface area contributed by atoms with Gasteiger partial charge in [-0.15, -0.1) is 0 Å². The van der Waals surface area contributed by atoms with E-state index in [-0.39, 0.29) is 24.3 Å². The predicted molar refractivity (Wildman–Crippen MR) is 81.9 cm³/mol. The lowest BCUT2D eigenvalue weighted by Crippen LogP contribution is -2.46. The lowest BCUT2D eigenvalue weighted by molar-refractivity contribution is -0.144. The van der Waals surface area contributed by atoms with E-state index in [2.05, 4.69) is 10.6 Å². The summed E-state index contributed by atoms with van der Waals surface area (Å²) in [5.41, 5.74) is 0.959. The minimum atomic E-state index is -0.490. The third-order valence-electron chi connectivity index (χ3n) is 3.01. The monoisotopic (exact) mass is 312 g/mol. The van der Waals surface area contributed by atoms with E-state index in [1.165, 1.54) is 7.11 Å². The highest BCUT2D eigenvalue weighted by atomic mass is 35.5. The first-order chi connectivity index (χ1) is 9.93. The van der Waals surface area contributed by atoms with Gasteiger partial charge in [0.1, 0.15) is 6.04 Å². The minimum Gasteiger partial charge on any atom is -0.468 e. The van der Waals surface area contributed by atoms with Crippen molar-refractivity contribution in [3.8, 4) is 0 Å². The summed E-state index contributed by atoms with van der Waals surface area (Å²) in [6, 6.07) is 6.75. The Kier molecular flexibility index (Phi) is 7.19. The molecule has 0 aliphatic rings. The van der Waals surface area contributed by atoms with Gasteiger partial charge in [0.05, 0.1) is 13.7 Å². The van der Waals surface area contributed by atoms with Crippen LogP contribution >= 0.6 is 11.6 Å². The Morgan fingerprint density at radius 3 is 2.38 bits per heavy atom. The average molecular weight is 313 g/mol. The molecule has 5 nitrogen and oxygen atoms in total. The van der Waals surface area contributed by atoms with E-state index in [1.54, 1.807) is 12.1 Å². The Balaban J connectivity index is 2.39. The average Bonchev–Trinajstić information content (AvgIpc) is 2.46. The fourth-order valence-corrected chi connectivity index (χ4v) is 1.91. The lowest BCUT2D eigenvalue weighted by atomic mass is 10.0. The molecule has 1 rings (SSSR count). The number of carbonyl (C=O) groups is 2. The number of esters is 1. The van der Waals surface area contributed by atoms with Crippen LogP contribution in [0.25, 0.3) is 0 Å². The lowest BCUT2D eigenvalue weighted by Gasteiger charge is -2.19. The van der Waals surface area contributed by atoms with Crippen molar-refractivity contribution >= 4 is 23.5 Å². The first-order valence-electron chi connectivity index (χ1n) is 6.76. The largest absolute Gasteiger partial charge is 0.468 e. The van der Waals surface area contributed by atoms with Gasteiger partial charge in [-0.05, 0) is 23.6 Å². The normalized spacial score (nSPS) is 12.0. The number of hydrogen-bond acceptors (Lipinski definition) is 4. The first kappa shape index (κ1) is 17.5. The maximum atomic E-state index is 11.8. The maximum absolute atomic E-state index is 11.8. The Labute approximate surface area is 130 Å². The van der Waals surface area contributed by atoms with Gasteiger partial charge >= 0.3 is 5.97 Å². The molecule has 0 aliphatic carbocycles. The summed E-state index contributed by atoms with van der Waals surface area (Å²) in [4.78, 5) is 23.3. The molecule has 21 heavy (non-hydrogen) atoms. The van der Waals surface area contributed by atoms with Gasteiger partial charge in [0.2, 0.25) is 5.91 Å². The van der Waals surface area contributed by atoms with Crippen molar-refractivity contribution in [1.82, 2.24) is 10.6 Å². The third-order valence-corrected chi connectivity index (χ3v) is 3.26. The Morgan fingerprint density at radius 1 is 1.24 bits per heavy atom. The van der Waals surface area contributed by atoms with Gasteiger partial charge in [-0.1, -0.05) is 37.6 Å². The molecule has 0 saturated heterocycles. The molecule has 1 aromatic carbocycles. The van der Waals surface area contributed by atoms with Gasteiger partial charge < -0.3 is 10.1 Å². The van der Waals surface area contributed by atoms with Gasteiger partial charge in [0.15, 0.2) is 0 Å². The molecule has 0 spiro atoms. The molecule has 0 radical (unpaired) electrons. The SMILES string of the molecule is COC(=O)[C@@H](NCC(=O)NCc1ccc(Cl)cc1)C(C)C. The molecule has 1 atom stereocenters. The molecular weight excluding hydrogens is 292 g/mol. The van der Waals surface area contributed by atoms with E-state index in [4.69, 9.17) is 16.3 Å². The van der Waals surface area contributed by atoms with Crippen LogP contribution in [0.1, 0.15) is 19.4 Å². The topological polar surface area (TPSA) is 67.4 Å². The Bertz CT molecular complexity index is 474. The van der Waals surface area contributed by atoms with Crippen molar-refractivity contribution in [2.75, 3.05) is 13.7 Å². The van der Waals surface area contributed by atoms with Crippen LogP contribution in [0.15, 0.2) is 24.3 Å². The van der Waals surface area contributed by atoms with Crippen LogP contribution in [-0.2, 0) is 20.9 Å². The summed E-state index contributed by atoms with van der Waals surface area (Å²) in [5, 5.41) is 6.34. The highest BCUT2D eigenvalue weighted by Gasteiger charge is 2.22. The molecule has 116 valence electrons. The van der Waals surface area contributed by atoms with Gasteiger partial charge in [-0.3, -0.25) is 14.9 Å². The minimum absolute atomic E-state index is 0.0431. The molecule has 0 aliphatic heterocycles. The van der Waals surface area contributed by atoms with E-state index < -0.39 is 6.04 Å². The zero-order valence-corrected chi connectivity index (χ0v) is 13.2. The summed E-state index contributed by atoms with van der Waals surface area (Å²) in [5.74, 6) is -0.503. The summed E-state index contributed by atoms with van der Waals surface area (Å²) in [6.07, 6.45) is 0. The van der Waals surface area contributed by atoms with E-state index in [0.29, 0.717) is 11.6 Å². The number of methoxy groups -OCH3 is 1. The van der Waals surface area contributed by atoms with Gasteiger partial charge in [-0.25, -0.2) is 0 Å². The summed E-state index contributed by atoms with van der Waals surface area (Å²) in [7, 11) is 1.33. The number of hydrogen-bond donors (Lipinski definition) is 2. The van der Waals surface area contributed by atoms with Crippen molar-refractivity contribution in [1.29, 1.82) is 0 Å². The zero-order chi connectivity index (χ0) is 15.8. The zero-order valence-electron chi connectivity index (χ0n) is 12.5. The number of rotatable bonds is 7. The van der Waals surface area contributed by atoms with Crippen LogP contribution in [0.5, 0.6) is 0 Å². The number of benzene rings is 1. The fourth-order valence-electron chi connectivity index (χ4n) is 1.79. The van der Waals surface area contributed by atoms with Crippen molar-refractivity contribution in [3.63, 3.8) is 0 Å². The molecule has 6 heteroatoms.